The van der Waals surface area contributed by atoms with Gasteiger partial charge in [-0.1, -0.05) is 42.5 Å². The van der Waals surface area contributed by atoms with Crippen LogP contribution in [0.2, 0.25) is 0 Å². The van der Waals surface area contributed by atoms with Gasteiger partial charge in [-0.05, 0) is 59.9 Å². The molecule has 2 rings (SSSR count). The Labute approximate surface area is 117 Å². The normalized spacial score (nSPS) is 12.7. The van der Waals surface area contributed by atoms with Crippen LogP contribution in [-0.2, 0) is 0 Å². The molecule has 0 spiro atoms. The summed E-state index contributed by atoms with van der Waals surface area (Å²) in [6, 6.07) is 19.7. The van der Waals surface area contributed by atoms with Crippen molar-refractivity contribution in [1.29, 1.82) is 0 Å². The summed E-state index contributed by atoms with van der Waals surface area (Å²) in [6.45, 7) is 0. The van der Waals surface area contributed by atoms with Crippen LogP contribution >= 0.6 is 22.6 Å². The number of nitrogens with zero attached hydrogens (tertiary/aromatic N) is 1. The summed E-state index contributed by atoms with van der Waals surface area (Å²) < 4.78 is 1.27. The largest absolute Gasteiger partial charge is 0.299 e. The molecule has 0 saturated carbocycles. The van der Waals surface area contributed by atoms with Crippen molar-refractivity contribution in [2.75, 3.05) is 14.1 Å². The molecular formula is C15H16IN. The van der Waals surface area contributed by atoms with Crippen LogP contribution in [0, 0.1) is 3.57 Å². The van der Waals surface area contributed by atoms with Crippen LogP contribution in [0.1, 0.15) is 17.2 Å². The Morgan fingerprint density at radius 2 is 1.35 bits per heavy atom. The maximum absolute atomic E-state index is 2.34. The van der Waals surface area contributed by atoms with Crippen molar-refractivity contribution in [2.24, 2.45) is 0 Å². The topological polar surface area (TPSA) is 3.24 Å². The smallest absolute Gasteiger partial charge is 0.0596 e. The molecular weight excluding hydrogens is 321 g/mol. The van der Waals surface area contributed by atoms with Gasteiger partial charge < -0.3 is 0 Å². The van der Waals surface area contributed by atoms with Gasteiger partial charge in [0.15, 0.2) is 0 Å². The van der Waals surface area contributed by atoms with Gasteiger partial charge in [0.1, 0.15) is 0 Å². The van der Waals surface area contributed by atoms with Crippen molar-refractivity contribution in [3.05, 3.63) is 69.3 Å². The molecule has 1 atom stereocenters. The Hall–Kier alpha value is -0.870. The molecule has 0 radical (unpaired) electrons. The molecule has 0 aliphatic carbocycles. The van der Waals surface area contributed by atoms with Crippen molar-refractivity contribution in [3.8, 4) is 0 Å². The molecule has 0 amide bonds. The van der Waals surface area contributed by atoms with E-state index in [0.29, 0.717) is 6.04 Å². The highest BCUT2D eigenvalue weighted by Gasteiger charge is 2.15. The lowest BCUT2D eigenvalue weighted by atomic mass is 9.98. The van der Waals surface area contributed by atoms with E-state index < -0.39 is 0 Å². The second-order valence-corrected chi connectivity index (χ2v) is 5.57. The maximum atomic E-state index is 2.34. The van der Waals surface area contributed by atoms with Crippen LogP contribution in [0.25, 0.3) is 0 Å². The lowest BCUT2D eigenvalue weighted by Gasteiger charge is -2.25. The summed E-state index contributed by atoms with van der Waals surface area (Å²) in [5.74, 6) is 0. The fourth-order valence-electron chi connectivity index (χ4n) is 2.07. The van der Waals surface area contributed by atoms with Gasteiger partial charge in [-0.2, -0.15) is 0 Å². The van der Waals surface area contributed by atoms with Crippen LogP contribution in [-0.4, -0.2) is 19.0 Å². The first-order valence-electron chi connectivity index (χ1n) is 5.65. The van der Waals surface area contributed by atoms with E-state index in [1.54, 1.807) is 0 Å². The third-order valence-corrected chi connectivity index (χ3v) is 3.54. The number of rotatable bonds is 3. The van der Waals surface area contributed by atoms with Gasteiger partial charge in [0.2, 0.25) is 0 Å². The van der Waals surface area contributed by atoms with Gasteiger partial charge in [-0.15, -0.1) is 0 Å². The third kappa shape index (κ3) is 3.07. The van der Waals surface area contributed by atoms with Crippen molar-refractivity contribution in [3.63, 3.8) is 0 Å². The summed E-state index contributed by atoms with van der Waals surface area (Å²) in [7, 11) is 4.24. The molecule has 0 fully saturated rings. The molecule has 0 aliphatic rings. The molecule has 1 unspecified atom stereocenters. The molecule has 2 heteroatoms. The number of benzene rings is 2. The average molecular weight is 337 g/mol. The number of hydrogen-bond donors (Lipinski definition) is 0. The van der Waals surface area contributed by atoms with Gasteiger partial charge in [0.25, 0.3) is 0 Å². The predicted octanol–water partition coefficient (Wildman–Crippen LogP) is 3.94. The van der Waals surface area contributed by atoms with E-state index in [4.69, 9.17) is 0 Å². The van der Waals surface area contributed by atoms with Crippen molar-refractivity contribution in [2.45, 2.75) is 6.04 Å². The fourth-order valence-corrected chi connectivity index (χ4v) is 2.43. The molecule has 0 N–H and O–H groups in total. The standard InChI is InChI=1S/C15H16IN/c1-17(2)15(12-6-4-3-5-7-12)13-8-10-14(16)11-9-13/h3-11,15H,1-2H3. The van der Waals surface area contributed by atoms with Crippen LogP contribution < -0.4 is 0 Å². The molecule has 2 aromatic carbocycles. The van der Waals surface area contributed by atoms with Crippen LogP contribution in [0.15, 0.2) is 54.6 Å². The minimum Gasteiger partial charge on any atom is -0.299 e. The monoisotopic (exact) mass is 337 g/mol. The van der Waals surface area contributed by atoms with Crippen LogP contribution in [0.4, 0.5) is 0 Å². The van der Waals surface area contributed by atoms with Crippen LogP contribution in [0.5, 0.6) is 0 Å². The summed E-state index contributed by atoms with van der Waals surface area (Å²) in [4.78, 5) is 2.25. The first kappa shape index (κ1) is 12.6. The highest BCUT2D eigenvalue weighted by atomic mass is 127. The summed E-state index contributed by atoms with van der Waals surface area (Å²) in [6.07, 6.45) is 0. The Balaban J connectivity index is 2.39. The zero-order valence-corrected chi connectivity index (χ0v) is 12.3. The average Bonchev–Trinajstić information content (AvgIpc) is 2.33. The lowest BCUT2D eigenvalue weighted by Crippen LogP contribution is -2.20. The summed E-state index contributed by atoms with van der Waals surface area (Å²) >= 11 is 2.34. The zero-order chi connectivity index (χ0) is 12.3. The Morgan fingerprint density at radius 1 is 0.824 bits per heavy atom. The van der Waals surface area contributed by atoms with E-state index in [1.165, 1.54) is 14.7 Å². The molecule has 0 aliphatic heterocycles. The van der Waals surface area contributed by atoms with Crippen molar-refractivity contribution < 1.29 is 0 Å². The van der Waals surface area contributed by atoms with E-state index in [-0.39, 0.29) is 0 Å². The maximum Gasteiger partial charge on any atom is 0.0596 e. The molecule has 1 nitrogen and oxygen atoms in total. The first-order valence-corrected chi connectivity index (χ1v) is 6.73. The fraction of sp³-hybridized carbons (Fsp3) is 0.200. The van der Waals surface area contributed by atoms with Gasteiger partial charge in [0.05, 0.1) is 6.04 Å². The summed E-state index contributed by atoms with van der Waals surface area (Å²) in [5, 5.41) is 0. The summed E-state index contributed by atoms with van der Waals surface area (Å²) in [5.41, 5.74) is 2.67. The second-order valence-electron chi connectivity index (χ2n) is 4.33. The molecule has 17 heavy (non-hydrogen) atoms. The molecule has 0 aromatic heterocycles. The van der Waals surface area contributed by atoms with Gasteiger partial charge in [-0.3, -0.25) is 4.90 Å². The Kier molecular flexibility index (Phi) is 4.18. The minimum absolute atomic E-state index is 0.327. The molecule has 2 aromatic rings. The Morgan fingerprint density at radius 3 is 1.88 bits per heavy atom. The van der Waals surface area contributed by atoms with Crippen LogP contribution in [0.3, 0.4) is 0 Å². The van der Waals surface area contributed by atoms with E-state index in [9.17, 15) is 0 Å². The van der Waals surface area contributed by atoms with E-state index in [2.05, 4.69) is 96.2 Å². The molecule has 0 saturated heterocycles. The number of hydrogen-bond acceptors (Lipinski definition) is 1. The van der Waals surface area contributed by atoms with Gasteiger partial charge in [0, 0.05) is 3.57 Å². The van der Waals surface area contributed by atoms with E-state index >= 15 is 0 Å². The second kappa shape index (κ2) is 5.65. The number of halogens is 1. The Bertz CT molecular complexity index is 462. The highest BCUT2D eigenvalue weighted by molar-refractivity contribution is 14.1. The lowest BCUT2D eigenvalue weighted by molar-refractivity contribution is 0.342. The molecule has 0 bridgehead atoms. The van der Waals surface area contributed by atoms with E-state index in [0.717, 1.165) is 0 Å². The zero-order valence-electron chi connectivity index (χ0n) is 10.1. The van der Waals surface area contributed by atoms with Gasteiger partial charge >= 0.3 is 0 Å². The quantitative estimate of drug-likeness (QED) is 0.767. The minimum atomic E-state index is 0.327. The SMILES string of the molecule is CN(C)C(c1ccccc1)c1ccc(I)cc1. The van der Waals surface area contributed by atoms with Crippen molar-refractivity contribution >= 4 is 22.6 Å². The molecule has 0 heterocycles. The molecule has 88 valence electrons. The highest BCUT2D eigenvalue weighted by Crippen LogP contribution is 2.26. The van der Waals surface area contributed by atoms with Crippen molar-refractivity contribution in [1.82, 2.24) is 4.90 Å². The predicted molar refractivity (Wildman–Crippen MR) is 81.1 cm³/mol. The third-order valence-electron chi connectivity index (χ3n) is 2.82. The van der Waals surface area contributed by atoms with E-state index in [1.807, 2.05) is 0 Å². The van der Waals surface area contributed by atoms with Gasteiger partial charge in [-0.25, -0.2) is 0 Å². The first-order chi connectivity index (χ1) is 8.18.